The quantitative estimate of drug-likeness (QED) is 0.672. The van der Waals surface area contributed by atoms with Crippen molar-refractivity contribution in [2.75, 3.05) is 6.54 Å². The number of fused-ring (bicyclic) bond motifs is 2. The van der Waals surface area contributed by atoms with Gasteiger partial charge in [0.05, 0.1) is 10.4 Å². The fraction of sp³-hybridized carbons (Fsp3) is 0.176. The van der Waals surface area contributed by atoms with E-state index in [1.165, 1.54) is 11.3 Å². The van der Waals surface area contributed by atoms with E-state index in [1.54, 1.807) is 0 Å². The van der Waals surface area contributed by atoms with Gasteiger partial charge < -0.3 is 4.90 Å². The number of pyridine rings is 1. The van der Waals surface area contributed by atoms with E-state index >= 15 is 0 Å². The largest absolute Gasteiger partial charge is 0.333 e. The minimum Gasteiger partial charge on any atom is -0.333 e. The second kappa shape index (κ2) is 5.38. The molecular weight excluding hydrogens is 316 g/mol. The van der Waals surface area contributed by atoms with Crippen molar-refractivity contribution in [3.8, 4) is 0 Å². The second-order valence-electron chi connectivity index (χ2n) is 5.39. The summed E-state index contributed by atoms with van der Waals surface area (Å²) in [5, 5.41) is 3.66. The van der Waals surface area contributed by atoms with E-state index in [1.807, 2.05) is 40.6 Å². The average molecular weight is 329 g/mol. The third kappa shape index (κ3) is 2.38. The maximum Gasteiger partial charge on any atom is 0.264 e. The Bertz CT molecular complexity index is 860. The molecule has 1 amide bonds. The Morgan fingerprint density at radius 1 is 1.27 bits per heavy atom. The number of hydrogen-bond donors (Lipinski definition) is 0. The third-order valence-corrected chi connectivity index (χ3v) is 5.04. The summed E-state index contributed by atoms with van der Waals surface area (Å²) in [7, 11) is 0. The van der Waals surface area contributed by atoms with Crippen molar-refractivity contribution in [1.82, 2.24) is 9.88 Å². The van der Waals surface area contributed by atoms with Gasteiger partial charge in [0, 0.05) is 35.6 Å². The fourth-order valence-electron chi connectivity index (χ4n) is 2.84. The highest BCUT2D eigenvalue weighted by Crippen LogP contribution is 2.26. The van der Waals surface area contributed by atoms with Crippen molar-refractivity contribution in [3.63, 3.8) is 0 Å². The standard InChI is InChI=1S/C17H13ClN2OS/c18-13-3-4-14-11(9-13)8-12-10-20(6-5-15(12)19-14)17(21)16-2-1-7-22-16/h1-4,7-9H,5-6,10H2. The Kier molecular flexibility index (Phi) is 3.36. The molecule has 1 aromatic carbocycles. The van der Waals surface area contributed by atoms with E-state index in [4.69, 9.17) is 16.6 Å². The van der Waals surface area contributed by atoms with Gasteiger partial charge in [0.1, 0.15) is 0 Å². The van der Waals surface area contributed by atoms with E-state index in [0.29, 0.717) is 11.6 Å². The Labute approximate surface area is 137 Å². The van der Waals surface area contributed by atoms with Gasteiger partial charge in [0.25, 0.3) is 5.91 Å². The molecular formula is C17H13ClN2OS. The van der Waals surface area contributed by atoms with Crippen LogP contribution in [0, 0.1) is 0 Å². The molecule has 3 aromatic rings. The molecule has 22 heavy (non-hydrogen) atoms. The molecule has 0 spiro atoms. The Hall–Kier alpha value is -1.91. The molecule has 0 aliphatic carbocycles. The lowest BCUT2D eigenvalue weighted by Gasteiger charge is -2.28. The number of carbonyl (C=O) groups excluding carboxylic acids is 1. The van der Waals surface area contributed by atoms with Gasteiger partial charge in [-0.15, -0.1) is 11.3 Å². The number of aromatic nitrogens is 1. The third-order valence-electron chi connectivity index (χ3n) is 3.94. The molecule has 0 unspecified atom stereocenters. The number of benzene rings is 1. The van der Waals surface area contributed by atoms with Crippen LogP contribution in [0.2, 0.25) is 5.02 Å². The maximum atomic E-state index is 12.5. The van der Waals surface area contributed by atoms with Crippen LogP contribution in [-0.2, 0) is 13.0 Å². The van der Waals surface area contributed by atoms with E-state index in [9.17, 15) is 4.79 Å². The molecule has 3 heterocycles. The smallest absolute Gasteiger partial charge is 0.264 e. The molecule has 0 saturated carbocycles. The molecule has 3 nitrogen and oxygen atoms in total. The highest BCUT2D eigenvalue weighted by atomic mass is 35.5. The van der Waals surface area contributed by atoms with E-state index in [-0.39, 0.29) is 5.91 Å². The van der Waals surface area contributed by atoms with Gasteiger partial charge in [-0.05, 0) is 41.3 Å². The minimum atomic E-state index is 0.104. The monoisotopic (exact) mass is 328 g/mol. The lowest BCUT2D eigenvalue weighted by Crippen LogP contribution is -2.35. The van der Waals surface area contributed by atoms with Crippen LogP contribution in [-0.4, -0.2) is 22.3 Å². The fourth-order valence-corrected chi connectivity index (χ4v) is 3.71. The number of nitrogens with zero attached hydrogens (tertiary/aromatic N) is 2. The summed E-state index contributed by atoms with van der Waals surface area (Å²) in [6, 6.07) is 11.6. The van der Waals surface area contributed by atoms with Gasteiger partial charge in [-0.25, -0.2) is 0 Å². The summed E-state index contributed by atoms with van der Waals surface area (Å²) in [4.78, 5) is 19.9. The number of halogens is 1. The normalized spacial score (nSPS) is 14.1. The maximum absolute atomic E-state index is 12.5. The molecule has 0 N–H and O–H groups in total. The number of hydrogen-bond acceptors (Lipinski definition) is 3. The zero-order valence-electron chi connectivity index (χ0n) is 11.8. The first kappa shape index (κ1) is 13.7. The molecule has 0 saturated heterocycles. The van der Waals surface area contributed by atoms with Crippen LogP contribution in [0.1, 0.15) is 20.9 Å². The number of amides is 1. The van der Waals surface area contributed by atoms with Crippen molar-refractivity contribution >= 4 is 39.7 Å². The summed E-state index contributed by atoms with van der Waals surface area (Å²) < 4.78 is 0. The predicted molar refractivity (Wildman–Crippen MR) is 89.5 cm³/mol. The van der Waals surface area contributed by atoms with Gasteiger partial charge in [-0.2, -0.15) is 0 Å². The molecule has 1 aliphatic rings. The molecule has 4 rings (SSSR count). The Morgan fingerprint density at radius 2 is 2.18 bits per heavy atom. The van der Waals surface area contributed by atoms with Gasteiger partial charge in [0.15, 0.2) is 0 Å². The second-order valence-corrected chi connectivity index (χ2v) is 6.77. The van der Waals surface area contributed by atoms with Crippen LogP contribution in [0.15, 0.2) is 41.8 Å². The molecule has 5 heteroatoms. The molecule has 0 radical (unpaired) electrons. The zero-order chi connectivity index (χ0) is 15.1. The van der Waals surface area contributed by atoms with Gasteiger partial charge in [-0.1, -0.05) is 17.7 Å². The first-order valence-corrected chi connectivity index (χ1v) is 8.37. The minimum absolute atomic E-state index is 0.104. The van der Waals surface area contributed by atoms with Crippen LogP contribution >= 0.6 is 22.9 Å². The number of rotatable bonds is 1. The Balaban J connectivity index is 1.69. The number of thiophene rings is 1. The average Bonchev–Trinajstić information content (AvgIpc) is 3.06. The van der Waals surface area contributed by atoms with Crippen LogP contribution in [0.25, 0.3) is 10.9 Å². The summed E-state index contributed by atoms with van der Waals surface area (Å²) >= 11 is 7.54. The summed E-state index contributed by atoms with van der Waals surface area (Å²) in [6.07, 6.45) is 0.797. The zero-order valence-corrected chi connectivity index (χ0v) is 13.3. The van der Waals surface area contributed by atoms with Crippen LogP contribution in [0.5, 0.6) is 0 Å². The van der Waals surface area contributed by atoms with Gasteiger partial charge >= 0.3 is 0 Å². The molecule has 0 bridgehead atoms. The van der Waals surface area contributed by atoms with E-state index in [0.717, 1.165) is 40.0 Å². The summed E-state index contributed by atoms with van der Waals surface area (Å²) in [5.41, 5.74) is 3.16. The topological polar surface area (TPSA) is 33.2 Å². The van der Waals surface area contributed by atoms with Crippen molar-refractivity contribution in [2.45, 2.75) is 13.0 Å². The van der Waals surface area contributed by atoms with E-state index < -0.39 is 0 Å². The molecule has 110 valence electrons. The van der Waals surface area contributed by atoms with Crippen molar-refractivity contribution in [1.29, 1.82) is 0 Å². The first-order chi connectivity index (χ1) is 10.7. The summed E-state index contributed by atoms with van der Waals surface area (Å²) in [5.74, 6) is 0.104. The van der Waals surface area contributed by atoms with Crippen LogP contribution < -0.4 is 0 Å². The number of carbonyl (C=O) groups is 1. The molecule has 2 aromatic heterocycles. The van der Waals surface area contributed by atoms with Gasteiger partial charge in [0.2, 0.25) is 0 Å². The molecule has 1 aliphatic heterocycles. The molecule has 0 fully saturated rings. The first-order valence-electron chi connectivity index (χ1n) is 7.11. The molecule has 0 atom stereocenters. The lowest BCUT2D eigenvalue weighted by atomic mass is 10.0. The highest BCUT2D eigenvalue weighted by Gasteiger charge is 2.23. The van der Waals surface area contributed by atoms with E-state index in [2.05, 4.69) is 6.07 Å². The van der Waals surface area contributed by atoms with Crippen molar-refractivity contribution < 1.29 is 4.79 Å². The van der Waals surface area contributed by atoms with Gasteiger partial charge in [-0.3, -0.25) is 9.78 Å². The van der Waals surface area contributed by atoms with Crippen molar-refractivity contribution in [3.05, 3.63) is 62.9 Å². The predicted octanol–water partition coefficient (Wildman–Crippen LogP) is 4.15. The SMILES string of the molecule is O=C(c1cccs1)N1CCc2nc3ccc(Cl)cc3cc2C1. The summed E-state index contributed by atoms with van der Waals surface area (Å²) in [6.45, 7) is 1.33. The lowest BCUT2D eigenvalue weighted by molar-refractivity contribution is 0.0738. The van der Waals surface area contributed by atoms with Crippen LogP contribution in [0.3, 0.4) is 0 Å². The highest BCUT2D eigenvalue weighted by molar-refractivity contribution is 7.12. The van der Waals surface area contributed by atoms with Crippen LogP contribution in [0.4, 0.5) is 0 Å². The Morgan fingerprint density at radius 3 is 3.00 bits per heavy atom. The van der Waals surface area contributed by atoms with Crippen molar-refractivity contribution in [2.24, 2.45) is 0 Å².